The lowest BCUT2D eigenvalue weighted by Gasteiger charge is -2.10. The molecule has 0 heterocycles. The van der Waals surface area contributed by atoms with Crippen LogP contribution >= 0.6 is 0 Å². The fourth-order valence-electron chi connectivity index (χ4n) is 1.09. The Kier molecular flexibility index (Phi) is 2.31. The minimum Gasteiger partial charge on any atom is -0.402 e. The van der Waals surface area contributed by atoms with Crippen LogP contribution in [-0.2, 0) is 4.79 Å². The van der Waals surface area contributed by atoms with Gasteiger partial charge in [-0.1, -0.05) is 12.2 Å². The third-order valence-electron chi connectivity index (χ3n) is 1.70. The minimum atomic E-state index is -0.557. The topological polar surface area (TPSA) is 66.9 Å². The van der Waals surface area contributed by atoms with Crippen LogP contribution in [0.15, 0.2) is 23.4 Å². The van der Waals surface area contributed by atoms with Crippen LogP contribution in [0.4, 0.5) is 0 Å². The molecule has 59 valence electrons. The molecule has 0 atom stereocenters. The molecule has 1 aliphatic carbocycles. The standard InChI is InChI=1S/C8H11N2O/c9-7-4-2-1-3-6(7)5-8(10)11/h1-2,10H,3-5,9H2. The average molecular weight is 151 g/mol. The molecule has 3 heteroatoms. The molecule has 0 bridgehead atoms. The van der Waals surface area contributed by atoms with E-state index in [2.05, 4.69) is 0 Å². The van der Waals surface area contributed by atoms with E-state index < -0.39 is 5.91 Å². The Hall–Kier alpha value is -1.25. The number of rotatable bonds is 2. The van der Waals surface area contributed by atoms with Crippen LogP contribution in [0.2, 0.25) is 0 Å². The van der Waals surface area contributed by atoms with Gasteiger partial charge in [-0.15, -0.1) is 0 Å². The summed E-state index contributed by atoms with van der Waals surface area (Å²) in [6.45, 7) is 0. The van der Waals surface area contributed by atoms with Crippen LogP contribution in [0.1, 0.15) is 19.3 Å². The first-order chi connectivity index (χ1) is 5.20. The third kappa shape index (κ3) is 2.11. The number of hydrogen-bond acceptors (Lipinski definition) is 2. The minimum absolute atomic E-state index is 0.191. The second kappa shape index (κ2) is 3.23. The van der Waals surface area contributed by atoms with Crippen LogP contribution in [-0.4, -0.2) is 5.91 Å². The van der Waals surface area contributed by atoms with Crippen molar-refractivity contribution in [3.63, 3.8) is 0 Å². The number of nitrogens with one attached hydrogen (secondary N) is 1. The van der Waals surface area contributed by atoms with Gasteiger partial charge < -0.3 is 5.73 Å². The summed E-state index contributed by atoms with van der Waals surface area (Å²) in [4.78, 5) is 10.4. The van der Waals surface area contributed by atoms with Crippen LogP contribution < -0.4 is 11.5 Å². The molecule has 1 rings (SSSR count). The van der Waals surface area contributed by atoms with E-state index >= 15 is 0 Å². The molecule has 0 aliphatic heterocycles. The highest BCUT2D eigenvalue weighted by atomic mass is 16.1. The Labute approximate surface area is 65.8 Å². The lowest BCUT2D eigenvalue weighted by atomic mass is 10.00. The highest BCUT2D eigenvalue weighted by molar-refractivity contribution is 5.76. The van der Waals surface area contributed by atoms with Gasteiger partial charge in [0, 0.05) is 12.1 Å². The highest BCUT2D eigenvalue weighted by Gasteiger charge is 2.08. The molecule has 1 amide bonds. The van der Waals surface area contributed by atoms with Crippen molar-refractivity contribution in [2.45, 2.75) is 19.3 Å². The summed E-state index contributed by atoms with van der Waals surface area (Å²) in [5, 5.41) is 0. The summed E-state index contributed by atoms with van der Waals surface area (Å²) in [5.74, 6) is -0.557. The van der Waals surface area contributed by atoms with Gasteiger partial charge in [0.2, 0.25) is 5.91 Å². The first-order valence-corrected chi connectivity index (χ1v) is 3.56. The summed E-state index contributed by atoms with van der Waals surface area (Å²) >= 11 is 0. The molecule has 0 fully saturated rings. The van der Waals surface area contributed by atoms with Crippen molar-refractivity contribution in [3.05, 3.63) is 23.4 Å². The maximum atomic E-state index is 10.4. The fraction of sp³-hybridized carbons (Fsp3) is 0.375. The van der Waals surface area contributed by atoms with Crippen molar-refractivity contribution in [2.24, 2.45) is 5.73 Å². The van der Waals surface area contributed by atoms with E-state index in [0.29, 0.717) is 0 Å². The summed E-state index contributed by atoms with van der Waals surface area (Å²) < 4.78 is 0. The van der Waals surface area contributed by atoms with Crippen molar-refractivity contribution < 1.29 is 4.79 Å². The number of allylic oxidation sites excluding steroid dienone is 2. The SMILES string of the molecule is [NH]C(=O)CC1=C(N)CC=CC1. The summed E-state index contributed by atoms with van der Waals surface area (Å²) in [7, 11) is 0. The van der Waals surface area contributed by atoms with Gasteiger partial charge >= 0.3 is 0 Å². The average Bonchev–Trinajstić information content (AvgIpc) is 1.93. The number of carbonyl (C=O) groups is 1. The van der Waals surface area contributed by atoms with E-state index in [-0.39, 0.29) is 6.42 Å². The van der Waals surface area contributed by atoms with Crippen LogP contribution in [0.3, 0.4) is 0 Å². The molecule has 0 saturated carbocycles. The Morgan fingerprint density at radius 1 is 1.55 bits per heavy atom. The maximum Gasteiger partial charge on any atom is 0.242 e. The molecule has 0 aromatic rings. The van der Waals surface area contributed by atoms with Crippen molar-refractivity contribution in [2.75, 3.05) is 0 Å². The zero-order valence-electron chi connectivity index (χ0n) is 6.26. The quantitative estimate of drug-likeness (QED) is 0.592. The highest BCUT2D eigenvalue weighted by Crippen LogP contribution is 2.17. The summed E-state index contributed by atoms with van der Waals surface area (Å²) in [6, 6.07) is 0. The normalized spacial score (nSPS) is 17.1. The first-order valence-electron chi connectivity index (χ1n) is 3.56. The van der Waals surface area contributed by atoms with E-state index in [9.17, 15) is 4.79 Å². The molecule has 1 radical (unpaired) electrons. The van der Waals surface area contributed by atoms with Gasteiger partial charge in [-0.25, -0.2) is 0 Å². The molecule has 3 N–H and O–H groups in total. The smallest absolute Gasteiger partial charge is 0.242 e. The van der Waals surface area contributed by atoms with Crippen LogP contribution in [0, 0.1) is 0 Å². The van der Waals surface area contributed by atoms with Crippen LogP contribution in [0.5, 0.6) is 0 Å². The molecule has 3 nitrogen and oxygen atoms in total. The molecular formula is C8H11N2O. The van der Waals surface area contributed by atoms with Gasteiger partial charge in [0.25, 0.3) is 0 Å². The fourth-order valence-corrected chi connectivity index (χ4v) is 1.09. The molecule has 0 unspecified atom stereocenters. The van der Waals surface area contributed by atoms with Crippen molar-refractivity contribution >= 4 is 5.91 Å². The number of carbonyl (C=O) groups excluding carboxylic acids is 1. The second-order valence-electron chi connectivity index (χ2n) is 2.61. The number of amides is 1. The molecule has 0 saturated heterocycles. The molecule has 1 aliphatic rings. The zero-order chi connectivity index (χ0) is 8.27. The predicted octanol–water partition coefficient (Wildman–Crippen LogP) is 0.749. The second-order valence-corrected chi connectivity index (χ2v) is 2.61. The Morgan fingerprint density at radius 3 is 2.73 bits per heavy atom. The lowest BCUT2D eigenvalue weighted by Crippen LogP contribution is -2.09. The van der Waals surface area contributed by atoms with Gasteiger partial charge in [0.1, 0.15) is 0 Å². The maximum absolute atomic E-state index is 10.4. The molecule has 0 aromatic carbocycles. The molecular weight excluding hydrogens is 140 g/mol. The Bertz CT molecular complexity index is 228. The van der Waals surface area contributed by atoms with Gasteiger partial charge in [0.15, 0.2) is 0 Å². The summed E-state index contributed by atoms with van der Waals surface area (Å²) in [6.07, 6.45) is 5.61. The van der Waals surface area contributed by atoms with E-state index in [1.807, 2.05) is 12.2 Å². The lowest BCUT2D eigenvalue weighted by molar-refractivity contribution is -0.118. The monoisotopic (exact) mass is 151 g/mol. The molecule has 0 aromatic heterocycles. The Balaban J connectivity index is 2.61. The van der Waals surface area contributed by atoms with Gasteiger partial charge in [-0.05, 0) is 12.0 Å². The zero-order valence-corrected chi connectivity index (χ0v) is 6.26. The predicted molar refractivity (Wildman–Crippen MR) is 42.3 cm³/mol. The van der Waals surface area contributed by atoms with E-state index in [0.717, 1.165) is 24.1 Å². The van der Waals surface area contributed by atoms with Crippen molar-refractivity contribution in [1.29, 1.82) is 0 Å². The third-order valence-corrected chi connectivity index (χ3v) is 1.70. The first kappa shape index (κ1) is 7.85. The van der Waals surface area contributed by atoms with Crippen LogP contribution in [0.25, 0.3) is 0 Å². The number of nitrogens with two attached hydrogens (primary N) is 1. The van der Waals surface area contributed by atoms with E-state index in [4.69, 9.17) is 11.5 Å². The van der Waals surface area contributed by atoms with Crippen molar-refractivity contribution in [3.8, 4) is 0 Å². The van der Waals surface area contributed by atoms with Gasteiger partial charge in [-0.3, -0.25) is 10.5 Å². The van der Waals surface area contributed by atoms with E-state index in [1.54, 1.807) is 0 Å². The molecule has 0 spiro atoms. The largest absolute Gasteiger partial charge is 0.402 e. The van der Waals surface area contributed by atoms with Gasteiger partial charge in [-0.2, -0.15) is 0 Å². The van der Waals surface area contributed by atoms with Crippen molar-refractivity contribution in [1.82, 2.24) is 5.73 Å². The van der Waals surface area contributed by atoms with E-state index in [1.165, 1.54) is 0 Å². The summed E-state index contributed by atoms with van der Waals surface area (Å²) in [5.41, 5.74) is 14.0. The molecule has 11 heavy (non-hydrogen) atoms. The van der Waals surface area contributed by atoms with Gasteiger partial charge in [0.05, 0.1) is 6.42 Å². The Morgan fingerprint density at radius 2 is 2.18 bits per heavy atom. The number of hydrogen-bond donors (Lipinski definition) is 1.